The largest absolute Gasteiger partial charge is 0.428 e. The molecule has 0 spiro atoms. The van der Waals surface area contributed by atoms with Crippen molar-refractivity contribution >= 4 is 33.3 Å². The molecule has 0 radical (unpaired) electrons. The van der Waals surface area contributed by atoms with E-state index in [0.29, 0.717) is 5.69 Å². The summed E-state index contributed by atoms with van der Waals surface area (Å²) in [5.41, 5.74) is 6.84. The Labute approximate surface area is 277 Å². The molecule has 0 heterocycles. The van der Waals surface area contributed by atoms with Gasteiger partial charge in [0.25, 0.3) is 10.0 Å². The van der Waals surface area contributed by atoms with Gasteiger partial charge in [-0.05, 0) is 59.7 Å². The van der Waals surface area contributed by atoms with Crippen molar-refractivity contribution in [3.05, 3.63) is 133 Å². The molecule has 236 valence electrons. The van der Waals surface area contributed by atoms with Gasteiger partial charge in [-0.1, -0.05) is 84.9 Å². The van der Waals surface area contributed by atoms with Crippen LogP contribution in [0.5, 0.6) is 0 Å². The van der Waals surface area contributed by atoms with Crippen LogP contribution in [0.3, 0.4) is 0 Å². The molecule has 0 saturated heterocycles. The molecule has 4 aromatic carbocycles. The van der Waals surface area contributed by atoms with Crippen molar-refractivity contribution in [3.63, 3.8) is 0 Å². The standard InChI is InChI=1S/C18H22N2O2S.2C9H12N.Cr/c1-3-4-13-19-14-16-7-5-6-8-18(16)20-23(21,22)17-11-9-15(2)10-12-17;2*1-8-6-4-5-7-9(8)10(2)3;/h5-12,14,20H,3-4,13H2,1-2H3;2*4-7H,1H2,2-3H3;/q;2*-1;. The predicted molar refractivity (Wildman–Crippen MR) is 186 cm³/mol. The second-order valence-electron chi connectivity index (χ2n) is 10.4. The molecule has 0 aliphatic carbocycles. The molecule has 0 unspecified atom stereocenters. The summed E-state index contributed by atoms with van der Waals surface area (Å²) >= 11 is 0. The van der Waals surface area contributed by atoms with Crippen LogP contribution in [0.4, 0.5) is 17.1 Å². The molecule has 0 saturated carbocycles. The number of nitrogens with one attached hydrogen (secondary N) is 1. The predicted octanol–water partition coefficient (Wildman–Crippen LogP) is 7.88. The molecular weight excluding hydrogens is 604 g/mol. The molecule has 0 aromatic heterocycles. The van der Waals surface area contributed by atoms with Crippen LogP contribution in [0.2, 0.25) is 0 Å². The molecule has 4 aromatic rings. The zero-order valence-corrected chi connectivity index (χ0v) is 28.9. The minimum Gasteiger partial charge on any atom is -0.428 e. The molecule has 1 N–H and O–H groups in total. The van der Waals surface area contributed by atoms with Gasteiger partial charge in [-0.3, -0.25) is 9.71 Å². The van der Waals surface area contributed by atoms with Gasteiger partial charge < -0.3 is 9.80 Å². The first-order valence-corrected chi connectivity index (χ1v) is 15.8. The van der Waals surface area contributed by atoms with Gasteiger partial charge in [-0.25, -0.2) is 8.42 Å². The van der Waals surface area contributed by atoms with Crippen LogP contribution in [0.25, 0.3) is 0 Å². The molecule has 6 nitrogen and oxygen atoms in total. The Kier molecular flexibility index (Phi) is 16.9. The van der Waals surface area contributed by atoms with Gasteiger partial charge in [0.2, 0.25) is 0 Å². The molecular formula is C36H46CrN4O2S-2. The van der Waals surface area contributed by atoms with Crippen LogP contribution in [0.15, 0.2) is 107 Å². The quantitative estimate of drug-likeness (QED) is 0.114. The maximum atomic E-state index is 12.5. The number of nitrogens with zero attached hydrogens (tertiary/aromatic N) is 3. The molecule has 0 fully saturated rings. The molecule has 0 atom stereocenters. The van der Waals surface area contributed by atoms with Crippen LogP contribution in [0.1, 0.15) is 42.0 Å². The number of sulfonamides is 1. The number of aliphatic imine (C=N–C) groups is 1. The normalized spacial score (nSPS) is 10.4. The van der Waals surface area contributed by atoms with Gasteiger partial charge in [0.15, 0.2) is 0 Å². The molecule has 0 bridgehead atoms. The van der Waals surface area contributed by atoms with E-state index in [1.165, 1.54) is 11.4 Å². The molecule has 0 amide bonds. The van der Waals surface area contributed by atoms with Crippen LogP contribution in [-0.4, -0.2) is 49.4 Å². The maximum absolute atomic E-state index is 12.5. The van der Waals surface area contributed by atoms with Gasteiger partial charge in [-0.2, -0.15) is 37.1 Å². The van der Waals surface area contributed by atoms with Crippen LogP contribution in [0, 0.1) is 20.8 Å². The van der Waals surface area contributed by atoms with Crippen molar-refractivity contribution in [2.24, 2.45) is 4.99 Å². The van der Waals surface area contributed by atoms with Gasteiger partial charge in [0.05, 0.1) is 10.6 Å². The van der Waals surface area contributed by atoms with E-state index in [-0.39, 0.29) is 22.3 Å². The van der Waals surface area contributed by atoms with E-state index >= 15 is 0 Å². The number of hydrogen-bond donors (Lipinski definition) is 1. The summed E-state index contributed by atoms with van der Waals surface area (Å²) < 4.78 is 27.6. The van der Waals surface area contributed by atoms with Crippen LogP contribution >= 0.6 is 0 Å². The van der Waals surface area contributed by atoms with Crippen molar-refractivity contribution in [2.45, 2.75) is 31.6 Å². The fraction of sp³-hybridized carbons (Fsp3) is 0.250. The average molecular weight is 651 g/mol. The van der Waals surface area contributed by atoms with Crippen molar-refractivity contribution in [1.82, 2.24) is 0 Å². The van der Waals surface area contributed by atoms with E-state index in [4.69, 9.17) is 0 Å². The number of rotatable bonds is 9. The van der Waals surface area contributed by atoms with Gasteiger partial charge in [0, 0.05) is 35.7 Å². The third kappa shape index (κ3) is 12.8. The fourth-order valence-electron chi connectivity index (χ4n) is 3.93. The SMILES string of the molecule is CCCCN=Cc1ccccc1NS(=O)(=O)c1ccc(C)cc1.[CH2-]c1ccccc1N(C)C.[CH2-]c1ccccc1N(C)C.[Cr]. The monoisotopic (exact) mass is 650 g/mol. The summed E-state index contributed by atoms with van der Waals surface area (Å²) in [4.78, 5) is 8.71. The smallest absolute Gasteiger partial charge is 0.261 e. The Hall–Kier alpha value is -3.83. The maximum Gasteiger partial charge on any atom is 0.261 e. The summed E-state index contributed by atoms with van der Waals surface area (Å²) in [7, 11) is 4.47. The van der Waals surface area contributed by atoms with Crippen LogP contribution < -0.4 is 14.5 Å². The fourth-order valence-corrected chi connectivity index (χ4v) is 5.02. The van der Waals surface area contributed by atoms with Crippen LogP contribution in [-0.2, 0) is 27.4 Å². The van der Waals surface area contributed by atoms with E-state index in [9.17, 15) is 8.42 Å². The Bertz CT molecular complexity index is 1490. The number of hydrogen-bond acceptors (Lipinski definition) is 5. The first kappa shape index (κ1) is 38.2. The van der Waals surface area contributed by atoms with E-state index in [2.05, 4.69) is 52.4 Å². The van der Waals surface area contributed by atoms with E-state index in [0.717, 1.165) is 41.6 Å². The zero-order valence-electron chi connectivity index (χ0n) is 26.8. The van der Waals surface area contributed by atoms with E-state index < -0.39 is 10.0 Å². The van der Waals surface area contributed by atoms with E-state index in [1.54, 1.807) is 42.6 Å². The van der Waals surface area contributed by atoms with Crippen molar-refractivity contribution in [2.75, 3.05) is 49.3 Å². The Morgan fingerprint density at radius 3 is 1.68 bits per heavy atom. The Balaban J connectivity index is 0.000000381. The average Bonchev–Trinajstić information content (AvgIpc) is 2.97. The number of anilines is 3. The third-order valence-corrected chi connectivity index (χ3v) is 7.74. The summed E-state index contributed by atoms with van der Waals surface area (Å²) in [6.45, 7) is 12.6. The number of para-hydroxylation sites is 3. The van der Waals surface area contributed by atoms with Gasteiger partial charge in [-0.15, -0.1) is 12.1 Å². The first-order valence-electron chi connectivity index (χ1n) is 14.3. The minimum atomic E-state index is -3.60. The molecule has 8 heteroatoms. The second kappa shape index (κ2) is 19.5. The number of benzene rings is 4. The summed E-state index contributed by atoms with van der Waals surface area (Å²) in [6, 6.07) is 30.2. The topological polar surface area (TPSA) is 65.0 Å². The first-order chi connectivity index (χ1) is 20.5. The molecule has 44 heavy (non-hydrogen) atoms. The van der Waals surface area contributed by atoms with Crippen molar-refractivity contribution < 1.29 is 25.8 Å². The number of unbranched alkanes of at least 4 members (excludes halogenated alkanes) is 1. The summed E-state index contributed by atoms with van der Waals surface area (Å²) in [6.07, 6.45) is 3.83. The van der Waals surface area contributed by atoms with Gasteiger partial charge in [0.1, 0.15) is 0 Å². The number of aryl methyl sites for hydroxylation is 1. The summed E-state index contributed by atoms with van der Waals surface area (Å²) in [5.74, 6) is 0. The van der Waals surface area contributed by atoms with Gasteiger partial charge >= 0.3 is 0 Å². The van der Waals surface area contributed by atoms with Crippen molar-refractivity contribution in [3.8, 4) is 0 Å². The minimum absolute atomic E-state index is 0. The Morgan fingerprint density at radius 1 is 0.750 bits per heavy atom. The zero-order chi connectivity index (χ0) is 31.8. The third-order valence-electron chi connectivity index (χ3n) is 6.35. The van der Waals surface area contributed by atoms with E-state index in [1.807, 2.05) is 83.6 Å². The second-order valence-corrected chi connectivity index (χ2v) is 12.1. The molecule has 0 aliphatic rings. The summed E-state index contributed by atoms with van der Waals surface area (Å²) in [5, 5.41) is 0. The molecule has 4 rings (SSSR count). The molecule has 0 aliphatic heterocycles. The van der Waals surface area contributed by atoms with Crippen molar-refractivity contribution in [1.29, 1.82) is 0 Å². The Morgan fingerprint density at radius 2 is 1.23 bits per heavy atom.